The van der Waals surface area contributed by atoms with E-state index in [2.05, 4.69) is 22.0 Å². The van der Waals surface area contributed by atoms with Gasteiger partial charge in [-0.15, -0.1) is 0 Å². The minimum Gasteiger partial charge on any atom is -0.409 e. The Kier molecular flexibility index (Phi) is 5.38. The summed E-state index contributed by atoms with van der Waals surface area (Å²) in [6.07, 6.45) is 5.13. The van der Waals surface area contributed by atoms with Crippen molar-refractivity contribution >= 4 is 11.7 Å². The summed E-state index contributed by atoms with van der Waals surface area (Å²) in [5.74, 6) is 0.877. The molecule has 6 nitrogen and oxygen atoms in total. The van der Waals surface area contributed by atoms with E-state index in [0.717, 1.165) is 50.3 Å². The third kappa shape index (κ3) is 3.64. The van der Waals surface area contributed by atoms with Gasteiger partial charge in [-0.3, -0.25) is 0 Å². The molecule has 0 spiro atoms. The first-order chi connectivity index (χ1) is 10.2. The third-order valence-electron chi connectivity index (χ3n) is 3.74. The standard InChI is InChI=1S/C15H24N4O2/c1-3-9-21-12-5-4-8-19(10-12)15-13(14(16)18-20)11(2)6-7-17-15/h6-7,12,20H,3-5,8-10H2,1-2H3,(H2,16,18). The lowest BCUT2D eigenvalue weighted by Crippen LogP contribution is -2.41. The molecule has 2 heterocycles. The molecular formula is C15H24N4O2. The van der Waals surface area contributed by atoms with Crippen molar-refractivity contribution in [2.75, 3.05) is 24.6 Å². The molecule has 0 bridgehead atoms. The summed E-state index contributed by atoms with van der Waals surface area (Å²) in [4.78, 5) is 6.62. The highest BCUT2D eigenvalue weighted by Gasteiger charge is 2.24. The maximum atomic E-state index is 9.00. The molecule has 0 saturated carbocycles. The van der Waals surface area contributed by atoms with Gasteiger partial charge in [0.25, 0.3) is 0 Å². The van der Waals surface area contributed by atoms with Crippen molar-refractivity contribution in [2.24, 2.45) is 10.9 Å². The largest absolute Gasteiger partial charge is 0.409 e. The molecule has 116 valence electrons. The normalized spacial score (nSPS) is 19.8. The van der Waals surface area contributed by atoms with Crippen molar-refractivity contribution in [3.63, 3.8) is 0 Å². The lowest BCUT2D eigenvalue weighted by molar-refractivity contribution is 0.0439. The van der Waals surface area contributed by atoms with Gasteiger partial charge in [-0.2, -0.15) is 0 Å². The van der Waals surface area contributed by atoms with Gasteiger partial charge >= 0.3 is 0 Å². The molecule has 1 unspecified atom stereocenters. The van der Waals surface area contributed by atoms with Crippen LogP contribution in [0.2, 0.25) is 0 Å². The Hall–Kier alpha value is -1.82. The van der Waals surface area contributed by atoms with Crippen molar-refractivity contribution in [1.82, 2.24) is 4.98 Å². The van der Waals surface area contributed by atoms with Gasteiger partial charge in [0.1, 0.15) is 5.82 Å². The molecule has 3 N–H and O–H groups in total. The summed E-state index contributed by atoms with van der Waals surface area (Å²) >= 11 is 0. The number of nitrogens with zero attached hydrogens (tertiary/aromatic N) is 3. The third-order valence-corrected chi connectivity index (χ3v) is 3.74. The first-order valence-electron chi connectivity index (χ1n) is 7.47. The number of oxime groups is 1. The Morgan fingerprint density at radius 1 is 1.62 bits per heavy atom. The van der Waals surface area contributed by atoms with E-state index in [9.17, 15) is 0 Å². The summed E-state index contributed by atoms with van der Waals surface area (Å²) in [6, 6.07) is 1.87. The van der Waals surface area contributed by atoms with Gasteiger partial charge in [0.05, 0.1) is 11.7 Å². The first kappa shape index (κ1) is 15.6. The Labute approximate surface area is 125 Å². The molecule has 6 heteroatoms. The Bertz CT molecular complexity index is 504. The van der Waals surface area contributed by atoms with Crippen LogP contribution in [0.1, 0.15) is 37.3 Å². The molecule has 1 atom stereocenters. The van der Waals surface area contributed by atoms with Crippen LogP contribution in [0.25, 0.3) is 0 Å². The van der Waals surface area contributed by atoms with Gasteiger partial charge in [0, 0.05) is 25.9 Å². The number of hydrogen-bond donors (Lipinski definition) is 2. The molecule has 1 fully saturated rings. The van der Waals surface area contributed by atoms with Crippen molar-refractivity contribution in [1.29, 1.82) is 0 Å². The van der Waals surface area contributed by atoms with Gasteiger partial charge < -0.3 is 20.6 Å². The molecule has 0 radical (unpaired) electrons. The van der Waals surface area contributed by atoms with E-state index < -0.39 is 0 Å². The van der Waals surface area contributed by atoms with E-state index >= 15 is 0 Å². The SMILES string of the molecule is CCCOC1CCCN(c2nccc(C)c2/C(N)=N/O)C1. The predicted molar refractivity (Wildman–Crippen MR) is 83.0 cm³/mol. The van der Waals surface area contributed by atoms with E-state index in [1.807, 2.05) is 13.0 Å². The van der Waals surface area contributed by atoms with Crippen LogP contribution in [0.4, 0.5) is 5.82 Å². The quantitative estimate of drug-likeness (QED) is 0.375. The lowest BCUT2D eigenvalue weighted by atomic mass is 10.0. The molecule has 21 heavy (non-hydrogen) atoms. The molecule has 0 amide bonds. The highest BCUT2D eigenvalue weighted by molar-refractivity contribution is 6.02. The number of rotatable bonds is 5. The molecule has 0 aliphatic carbocycles. The van der Waals surface area contributed by atoms with Crippen molar-refractivity contribution in [2.45, 2.75) is 39.2 Å². The fourth-order valence-electron chi connectivity index (χ4n) is 2.70. The first-order valence-corrected chi connectivity index (χ1v) is 7.47. The monoisotopic (exact) mass is 292 g/mol. The van der Waals surface area contributed by atoms with Crippen LogP contribution in [0.5, 0.6) is 0 Å². The summed E-state index contributed by atoms with van der Waals surface area (Å²) in [5.41, 5.74) is 7.48. The molecule has 0 aromatic carbocycles. The van der Waals surface area contributed by atoms with Crippen molar-refractivity contribution < 1.29 is 9.94 Å². The zero-order chi connectivity index (χ0) is 15.2. The maximum Gasteiger partial charge on any atom is 0.174 e. The average molecular weight is 292 g/mol. The second kappa shape index (κ2) is 7.26. The van der Waals surface area contributed by atoms with E-state index in [4.69, 9.17) is 15.7 Å². The average Bonchev–Trinajstić information content (AvgIpc) is 2.52. The number of amidine groups is 1. The van der Waals surface area contributed by atoms with Gasteiger partial charge in [0.15, 0.2) is 5.84 Å². The number of aromatic nitrogens is 1. The van der Waals surface area contributed by atoms with Gasteiger partial charge in [-0.1, -0.05) is 12.1 Å². The highest BCUT2D eigenvalue weighted by atomic mass is 16.5. The maximum absolute atomic E-state index is 9.00. The minimum absolute atomic E-state index is 0.104. The summed E-state index contributed by atoms with van der Waals surface area (Å²) in [5, 5.41) is 12.1. The van der Waals surface area contributed by atoms with Crippen LogP contribution in [0, 0.1) is 6.92 Å². The molecule has 1 aromatic rings. The second-order valence-electron chi connectivity index (χ2n) is 5.39. The van der Waals surface area contributed by atoms with E-state index in [1.54, 1.807) is 6.20 Å². The minimum atomic E-state index is 0.104. The highest BCUT2D eigenvalue weighted by Crippen LogP contribution is 2.25. The molecule has 2 rings (SSSR count). The number of nitrogens with two attached hydrogens (primary N) is 1. The van der Waals surface area contributed by atoms with Gasteiger partial charge in [-0.25, -0.2) is 4.98 Å². The van der Waals surface area contributed by atoms with Gasteiger partial charge in [0.2, 0.25) is 0 Å². The van der Waals surface area contributed by atoms with E-state index in [-0.39, 0.29) is 11.9 Å². The fourth-order valence-corrected chi connectivity index (χ4v) is 2.70. The Morgan fingerprint density at radius 3 is 3.14 bits per heavy atom. The number of hydrogen-bond acceptors (Lipinski definition) is 5. The van der Waals surface area contributed by atoms with Crippen LogP contribution in [-0.4, -0.2) is 41.8 Å². The second-order valence-corrected chi connectivity index (χ2v) is 5.39. The van der Waals surface area contributed by atoms with Crippen LogP contribution < -0.4 is 10.6 Å². The zero-order valence-electron chi connectivity index (χ0n) is 12.7. The zero-order valence-corrected chi connectivity index (χ0v) is 12.7. The molecule has 1 aliphatic heterocycles. The summed E-state index contributed by atoms with van der Waals surface area (Å²) in [6.45, 7) is 6.54. The summed E-state index contributed by atoms with van der Waals surface area (Å²) < 4.78 is 5.86. The number of anilines is 1. The number of aryl methyl sites for hydroxylation is 1. The van der Waals surface area contributed by atoms with Crippen LogP contribution in [-0.2, 0) is 4.74 Å². The number of ether oxygens (including phenoxy) is 1. The fraction of sp³-hybridized carbons (Fsp3) is 0.600. The lowest BCUT2D eigenvalue weighted by Gasteiger charge is -2.34. The van der Waals surface area contributed by atoms with E-state index in [1.165, 1.54) is 0 Å². The van der Waals surface area contributed by atoms with E-state index in [0.29, 0.717) is 5.56 Å². The number of pyridine rings is 1. The number of piperidine rings is 1. The van der Waals surface area contributed by atoms with Crippen LogP contribution in [0.15, 0.2) is 17.4 Å². The van der Waals surface area contributed by atoms with Crippen LogP contribution in [0.3, 0.4) is 0 Å². The Morgan fingerprint density at radius 2 is 2.43 bits per heavy atom. The predicted octanol–water partition coefficient (Wildman–Crippen LogP) is 1.88. The Balaban J connectivity index is 2.23. The molecule has 1 aromatic heterocycles. The van der Waals surface area contributed by atoms with Crippen molar-refractivity contribution in [3.05, 3.63) is 23.4 Å². The molecular weight excluding hydrogens is 268 g/mol. The van der Waals surface area contributed by atoms with Gasteiger partial charge in [-0.05, 0) is 37.8 Å². The summed E-state index contributed by atoms with van der Waals surface area (Å²) in [7, 11) is 0. The van der Waals surface area contributed by atoms with Crippen molar-refractivity contribution in [3.8, 4) is 0 Å². The smallest absolute Gasteiger partial charge is 0.174 e. The molecule has 1 aliphatic rings. The molecule has 1 saturated heterocycles. The topological polar surface area (TPSA) is 84.0 Å². The van der Waals surface area contributed by atoms with Crippen LogP contribution >= 0.6 is 0 Å².